The Balaban J connectivity index is 1.53. The highest BCUT2D eigenvalue weighted by Crippen LogP contribution is 2.29. The Hall–Kier alpha value is -2.95. The lowest BCUT2D eigenvalue weighted by atomic mass is 10.1. The molecule has 172 valence electrons. The summed E-state index contributed by atoms with van der Waals surface area (Å²) in [5.41, 5.74) is 4.02. The summed E-state index contributed by atoms with van der Waals surface area (Å²) < 4.78 is 42.5. The number of aryl methyl sites for hydroxylation is 1. The maximum atomic E-state index is 12.7. The quantitative estimate of drug-likeness (QED) is 0.451. The molecule has 0 radical (unpaired) electrons. The zero-order valence-corrected chi connectivity index (χ0v) is 18.9. The normalized spacial score (nSPS) is 14.9. The first-order valence-corrected chi connectivity index (χ1v) is 11.6. The molecule has 1 fully saturated rings. The van der Waals surface area contributed by atoms with Gasteiger partial charge in [0.15, 0.2) is 11.5 Å². The molecule has 0 bridgehead atoms. The van der Waals surface area contributed by atoms with E-state index in [0.717, 1.165) is 5.56 Å². The van der Waals surface area contributed by atoms with Crippen LogP contribution in [0.2, 0.25) is 0 Å². The van der Waals surface area contributed by atoms with Gasteiger partial charge in [0.05, 0.1) is 38.5 Å². The van der Waals surface area contributed by atoms with Crippen molar-refractivity contribution in [3.8, 4) is 11.5 Å². The topological polar surface area (TPSA) is 107 Å². The second-order valence-corrected chi connectivity index (χ2v) is 8.97. The van der Waals surface area contributed by atoms with Gasteiger partial charge in [0.1, 0.15) is 0 Å². The summed E-state index contributed by atoms with van der Waals surface area (Å²) in [7, 11) is -0.444. The highest BCUT2D eigenvalue weighted by Gasteiger charge is 2.26. The van der Waals surface area contributed by atoms with Gasteiger partial charge in [-0.25, -0.2) is 13.8 Å². The second-order valence-electron chi connectivity index (χ2n) is 7.04. The van der Waals surface area contributed by atoms with E-state index in [2.05, 4.69) is 10.5 Å². The number of sulfonamides is 1. The lowest BCUT2D eigenvalue weighted by Crippen LogP contribution is -2.40. The number of para-hydroxylation sites is 1. The van der Waals surface area contributed by atoms with Gasteiger partial charge in [0, 0.05) is 25.1 Å². The molecule has 32 heavy (non-hydrogen) atoms. The van der Waals surface area contributed by atoms with E-state index in [4.69, 9.17) is 14.2 Å². The number of amides is 1. The highest BCUT2D eigenvalue weighted by atomic mass is 32.2. The molecule has 0 aromatic heterocycles. The largest absolute Gasteiger partial charge is 0.493 e. The molecule has 9 nitrogen and oxygen atoms in total. The van der Waals surface area contributed by atoms with E-state index in [0.29, 0.717) is 49.8 Å². The molecule has 0 atom stereocenters. The number of hydrogen-bond acceptors (Lipinski definition) is 7. The molecule has 3 rings (SSSR count). The van der Waals surface area contributed by atoms with Crippen LogP contribution in [0.15, 0.2) is 52.5 Å². The second kappa shape index (κ2) is 11.1. The van der Waals surface area contributed by atoms with Crippen LogP contribution in [0, 0.1) is 0 Å². The smallest absolute Gasteiger partial charge is 0.243 e. The average Bonchev–Trinajstić information content (AvgIpc) is 2.83. The fourth-order valence-electron chi connectivity index (χ4n) is 3.27. The van der Waals surface area contributed by atoms with Crippen molar-refractivity contribution in [3.05, 3.63) is 53.6 Å². The molecular formula is C22H27N3O6S. The first-order chi connectivity index (χ1) is 15.5. The highest BCUT2D eigenvalue weighted by molar-refractivity contribution is 7.89. The van der Waals surface area contributed by atoms with Crippen molar-refractivity contribution < 1.29 is 27.4 Å². The molecule has 0 unspecified atom stereocenters. The Morgan fingerprint density at radius 1 is 1.12 bits per heavy atom. The summed E-state index contributed by atoms with van der Waals surface area (Å²) in [6.07, 6.45) is 2.16. The molecule has 1 amide bonds. The third-order valence-corrected chi connectivity index (χ3v) is 6.91. The predicted octanol–water partition coefficient (Wildman–Crippen LogP) is 1.81. The third-order valence-electron chi connectivity index (χ3n) is 5.00. The van der Waals surface area contributed by atoms with E-state index in [-0.39, 0.29) is 17.2 Å². The predicted molar refractivity (Wildman–Crippen MR) is 120 cm³/mol. The van der Waals surface area contributed by atoms with Crippen LogP contribution in [0.1, 0.15) is 17.5 Å². The number of carbonyl (C=O) groups excluding carboxylic acids is 1. The SMILES string of the molecule is COc1cccc(/C=N\NC(=O)CCc2ccc(S(=O)(=O)N3CCOCC3)cc2)c1OC. The van der Waals surface area contributed by atoms with Crippen LogP contribution in [0.5, 0.6) is 11.5 Å². The van der Waals surface area contributed by atoms with Gasteiger partial charge in [-0.2, -0.15) is 9.41 Å². The number of benzene rings is 2. The molecule has 1 heterocycles. The fourth-order valence-corrected chi connectivity index (χ4v) is 4.67. The molecule has 1 saturated heterocycles. The lowest BCUT2D eigenvalue weighted by molar-refractivity contribution is -0.121. The van der Waals surface area contributed by atoms with E-state index in [1.165, 1.54) is 17.6 Å². The molecule has 0 saturated carbocycles. The molecule has 0 aliphatic carbocycles. The van der Waals surface area contributed by atoms with Crippen molar-refractivity contribution in [2.24, 2.45) is 5.10 Å². The van der Waals surface area contributed by atoms with E-state index in [1.54, 1.807) is 49.6 Å². The number of morpholine rings is 1. The molecule has 2 aromatic carbocycles. The maximum absolute atomic E-state index is 12.7. The van der Waals surface area contributed by atoms with Gasteiger partial charge in [-0.3, -0.25) is 4.79 Å². The Kier molecular flexibility index (Phi) is 8.20. The standard InChI is InChI=1S/C22H27N3O6S/c1-29-20-5-3-4-18(22(20)30-2)16-23-24-21(26)11-8-17-6-9-19(10-7-17)32(27,28)25-12-14-31-15-13-25/h3-7,9-10,16H,8,11-15H2,1-2H3,(H,24,26)/b23-16-. The van der Waals surface area contributed by atoms with Crippen molar-refractivity contribution >= 4 is 22.1 Å². The van der Waals surface area contributed by atoms with E-state index >= 15 is 0 Å². The summed E-state index contributed by atoms with van der Waals surface area (Å²) in [5.74, 6) is 0.843. The van der Waals surface area contributed by atoms with Crippen molar-refractivity contribution in [1.29, 1.82) is 0 Å². The first kappa shape index (κ1) is 23.7. The number of hydrazone groups is 1. The van der Waals surface area contributed by atoms with Crippen LogP contribution >= 0.6 is 0 Å². The molecule has 2 aromatic rings. The molecular weight excluding hydrogens is 434 g/mol. The molecule has 10 heteroatoms. The van der Waals surface area contributed by atoms with Crippen molar-refractivity contribution in [2.75, 3.05) is 40.5 Å². The number of nitrogens with zero attached hydrogens (tertiary/aromatic N) is 2. The number of nitrogens with one attached hydrogen (secondary N) is 1. The Morgan fingerprint density at radius 2 is 1.84 bits per heavy atom. The van der Waals surface area contributed by atoms with Gasteiger partial charge in [0.2, 0.25) is 15.9 Å². The minimum Gasteiger partial charge on any atom is -0.493 e. The van der Waals surface area contributed by atoms with Crippen LogP contribution in [0.3, 0.4) is 0 Å². The van der Waals surface area contributed by atoms with Gasteiger partial charge in [0.25, 0.3) is 0 Å². The minimum atomic E-state index is -3.52. The summed E-state index contributed by atoms with van der Waals surface area (Å²) in [6.45, 7) is 1.51. The monoisotopic (exact) mass is 461 g/mol. The van der Waals surface area contributed by atoms with Gasteiger partial charge in [-0.1, -0.05) is 18.2 Å². The number of carbonyl (C=O) groups is 1. The molecule has 1 aliphatic rings. The third kappa shape index (κ3) is 5.84. The Labute approximate surface area is 188 Å². The van der Waals surface area contributed by atoms with Gasteiger partial charge in [-0.15, -0.1) is 0 Å². The average molecular weight is 462 g/mol. The Bertz CT molecular complexity index is 1050. The maximum Gasteiger partial charge on any atom is 0.243 e. The molecule has 0 spiro atoms. The zero-order valence-electron chi connectivity index (χ0n) is 18.1. The van der Waals surface area contributed by atoms with E-state index in [1.807, 2.05) is 0 Å². The Morgan fingerprint density at radius 3 is 2.50 bits per heavy atom. The molecule has 1 N–H and O–H groups in total. The summed E-state index contributed by atoms with van der Waals surface area (Å²) in [5, 5.41) is 3.98. The number of methoxy groups -OCH3 is 2. The number of rotatable bonds is 9. The van der Waals surface area contributed by atoms with Crippen molar-refractivity contribution in [1.82, 2.24) is 9.73 Å². The summed E-state index contributed by atoms with van der Waals surface area (Å²) >= 11 is 0. The zero-order chi connectivity index (χ0) is 23.0. The van der Waals surface area contributed by atoms with Gasteiger partial charge in [-0.05, 0) is 36.2 Å². The van der Waals surface area contributed by atoms with Gasteiger partial charge < -0.3 is 14.2 Å². The van der Waals surface area contributed by atoms with Gasteiger partial charge >= 0.3 is 0 Å². The number of ether oxygens (including phenoxy) is 3. The van der Waals surface area contributed by atoms with Crippen molar-refractivity contribution in [3.63, 3.8) is 0 Å². The van der Waals surface area contributed by atoms with Crippen LogP contribution in [-0.2, 0) is 26.0 Å². The van der Waals surface area contributed by atoms with E-state index < -0.39 is 10.0 Å². The van der Waals surface area contributed by atoms with Crippen molar-refractivity contribution in [2.45, 2.75) is 17.7 Å². The summed E-state index contributed by atoms with van der Waals surface area (Å²) in [6, 6.07) is 12.0. The number of hydrogen-bond donors (Lipinski definition) is 1. The van der Waals surface area contributed by atoms with Crippen LogP contribution in [0.4, 0.5) is 0 Å². The van der Waals surface area contributed by atoms with Crippen LogP contribution in [0.25, 0.3) is 0 Å². The lowest BCUT2D eigenvalue weighted by Gasteiger charge is -2.26. The molecule has 1 aliphatic heterocycles. The van der Waals surface area contributed by atoms with Crippen LogP contribution < -0.4 is 14.9 Å². The minimum absolute atomic E-state index is 0.210. The fraction of sp³-hybridized carbons (Fsp3) is 0.364. The summed E-state index contributed by atoms with van der Waals surface area (Å²) in [4.78, 5) is 12.4. The van der Waals surface area contributed by atoms with E-state index in [9.17, 15) is 13.2 Å². The van der Waals surface area contributed by atoms with Crippen LogP contribution in [-0.4, -0.2) is 65.4 Å². The first-order valence-electron chi connectivity index (χ1n) is 10.2.